The molecule has 0 unspecified atom stereocenters. The lowest BCUT2D eigenvalue weighted by atomic mass is 10.1. The number of nitrogens with two attached hydrogens (primary N) is 1. The minimum absolute atomic E-state index is 0.0240. The Kier molecular flexibility index (Phi) is 5.53. The Hall–Kier alpha value is -2.77. The number of carbonyl (C=O) groups is 3. The van der Waals surface area contributed by atoms with Crippen LogP contribution in [0, 0.1) is 0 Å². The number of hydrogen-bond donors (Lipinski definition) is 1. The molecule has 2 N–H and O–H groups in total. The fourth-order valence-corrected chi connectivity index (χ4v) is 3.30. The topological polar surface area (TPSA) is 106 Å². The smallest absolute Gasteiger partial charge is 0.261 e. The van der Waals surface area contributed by atoms with Gasteiger partial charge in [0.05, 0.1) is 16.7 Å². The number of anilines is 1. The predicted octanol–water partition coefficient (Wildman–Crippen LogP) is 3.18. The normalized spacial score (nSPS) is 13.5. The summed E-state index contributed by atoms with van der Waals surface area (Å²) in [6, 6.07) is 6.71. The van der Waals surface area contributed by atoms with E-state index in [-0.39, 0.29) is 40.2 Å². The van der Waals surface area contributed by atoms with Crippen LogP contribution in [0.1, 0.15) is 43.9 Å². The molecular formula is C18H14Cl2N4O3. The van der Waals surface area contributed by atoms with E-state index in [1.165, 1.54) is 11.0 Å². The highest BCUT2D eigenvalue weighted by atomic mass is 35.5. The van der Waals surface area contributed by atoms with E-state index >= 15 is 0 Å². The van der Waals surface area contributed by atoms with Crippen molar-refractivity contribution >= 4 is 46.7 Å². The Balaban J connectivity index is 1.56. The molecule has 1 aromatic carbocycles. The van der Waals surface area contributed by atoms with Gasteiger partial charge in [-0.1, -0.05) is 41.4 Å². The molecule has 0 radical (unpaired) electrons. The minimum Gasteiger partial charge on any atom is -0.368 e. The molecule has 0 bridgehead atoms. The monoisotopic (exact) mass is 404 g/mol. The number of imide groups is 1. The van der Waals surface area contributed by atoms with Crippen LogP contribution in [0.5, 0.6) is 0 Å². The standard InChI is InChI=1S/C18H14Cl2N4O3/c19-14-13(15(20)23-18(21)22-14)12(25)8-2-1-5-9-24-16(26)10-6-3-4-7-11(10)17(24)27/h2-4,6-8H,1,5,9H2,(H2,21,22,23)/b8-2+. The quantitative estimate of drug-likeness (QED) is 0.260. The molecule has 9 heteroatoms. The van der Waals surface area contributed by atoms with Crippen molar-refractivity contribution < 1.29 is 14.4 Å². The van der Waals surface area contributed by atoms with Crippen LogP contribution in [0.15, 0.2) is 36.4 Å². The van der Waals surface area contributed by atoms with Gasteiger partial charge in [0.25, 0.3) is 11.8 Å². The zero-order valence-electron chi connectivity index (χ0n) is 14.0. The third-order valence-corrected chi connectivity index (χ3v) is 4.53. The van der Waals surface area contributed by atoms with E-state index in [0.29, 0.717) is 24.0 Å². The first-order valence-electron chi connectivity index (χ1n) is 8.04. The van der Waals surface area contributed by atoms with Crippen LogP contribution < -0.4 is 5.73 Å². The summed E-state index contributed by atoms with van der Waals surface area (Å²) in [7, 11) is 0. The number of nitrogens with zero attached hydrogens (tertiary/aromatic N) is 3. The summed E-state index contributed by atoms with van der Waals surface area (Å²) >= 11 is 11.8. The maximum atomic E-state index is 12.2. The molecule has 3 rings (SSSR count). The van der Waals surface area contributed by atoms with Crippen molar-refractivity contribution in [2.45, 2.75) is 12.8 Å². The van der Waals surface area contributed by atoms with Gasteiger partial charge in [-0.25, -0.2) is 9.97 Å². The second-order valence-corrected chi connectivity index (χ2v) is 6.47. The highest BCUT2D eigenvalue weighted by molar-refractivity contribution is 6.39. The van der Waals surface area contributed by atoms with Gasteiger partial charge in [-0.2, -0.15) is 0 Å². The second-order valence-electron chi connectivity index (χ2n) is 5.75. The van der Waals surface area contributed by atoms with E-state index < -0.39 is 5.78 Å². The molecule has 0 atom stereocenters. The zero-order chi connectivity index (χ0) is 19.6. The lowest BCUT2D eigenvalue weighted by Crippen LogP contribution is -2.30. The Morgan fingerprint density at radius 1 is 1.07 bits per heavy atom. The number of amides is 2. The Morgan fingerprint density at radius 2 is 1.63 bits per heavy atom. The van der Waals surface area contributed by atoms with Gasteiger partial charge in [0.2, 0.25) is 5.95 Å². The van der Waals surface area contributed by atoms with Crippen molar-refractivity contribution in [1.29, 1.82) is 0 Å². The van der Waals surface area contributed by atoms with Crippen molar-refractivity contribution in [2.24, 2.45) is 0 Å². The van der Waals surface area contributed by atoms with Gasteiger partial charge in [-0.3, -0.25) is 19.3 Å². The van der Waals surface area contributed by atoms with Crippen molar-refractivity contribution in [2.75, 3.05) is 12.3 Å². The van der Waals surface area contributed by atoms with Crippen LogP contribution in [0.4, 0.5) is 5.95 Å². The summed E-state index contributed by atoms with van der Waals surface area (Å²) in [5.74, 6) is -1.17. The maximum absolute atomic E-state index is 12.2. The Labute approximate surface area is 164 Å². The number of aromatic nitrogens is 2. The summed E-state index contributed by atoms with van der Waals surface area (Å²) in [4.78, 5) is 45.3. The molecule has 0 saturated carbocycles. The van der Waals surface area contributed by atoms with Crippen LogP contribution in [0.25, 0.3) is 0 Å². The molecule has 1 aliphatic heterocycles. The predicted molar refractivity (Wildman–Crippen MR) is 101 cm³/mol. The number of allylic oxidation sites excluding steroid dienone is 2. The lowest BCUT2D eigenvalue weighted by molar-refractivity contribution is 0.0652. The number of nitrogen functional groups attached to an aromatic ring is 1. The number of hydrogen-bond acceptors (Lipinski definition) is 6. The van der Waals surface area contributed by atoms with Gasteiger partial charge in [0.15, 0.2) is 5.78 Å². The molecule has 0 fully saturated rings. The molecule has 138 valence electrons. The number of rotatable bonds is 6. The third-order valence-electron chi connectivity index (χ3n) is 3.98. The van der Waals surface area contributed by atoms with Crippen LogP contribution in [0.2, 0.25) is 10.3 Å². The summed E-state index contributed by atoms with van der Waals surface area (Å²) in [6.07, 6.45) is 3.90. The number of carbonyl (C=O) groups excluding carboxylic acids is 3. The van der Waals surface area contributed by atoms with Gasteiger partial charge in [0, 0.05) is 6.54 Å². The largest absolute Gasteiger partial charge is 0.368 e. The van der Waals surface area contributed by atoms with E-state index in [4.69, 9.17) is 28.9 Å². The van der Waals surface area contributed by atoms with Crippen LogP contribution in [-0.2, 0) is 0 Å². The van der Waals surface area contributed by atoms with E-state index in [1.807, 2.05) is 0 Å². The van der Waals surface area contributed by atoms with Crippen LogP contribution in [-0.4, -0.2) is 39.0 Å². The first kappa shape index (κ1) is 19.0. The Morgan fingerprint density at radius 3 is 2.19 bits per heavy atom. The van der Waals surface area contributed by atoms with E-state index in [1.54, 1.807) is 30.3 Å². The highest BCUT2D eigenvalue weighted by Crippen LogP contribution is 2.24. The molecule has 0 spiro atoms. The number of unbranched alkanes of at least 4 members (excludes halogenated alkanes) is 1. The highest BCUT2D eigenvalue weighted by Gasteiger charge is 2.34. The number of ketones is 1. The van der Waals surface area contributed by atoms with Crippen LogP contribution >= 0.6 is 23.2 Å². The Bertz CT molecular complexity index is 917. The van der Waals surface area contributed by atoms with Crippen molar-refractivity contribution in [3.8, 4) is 0 Å². The van der Waals surface area contributed by atoms with Crippen molar-refractivity contribution in [1.82, 2.24) is 14.9 Å². The maximum Gasteiger partial charge on any atom is 0.261 e. The van der Waals surface area contributed by atoms with E-state index in [0.717, 1.165) is 0 Å². The van der Waals surface area contributed by atoms with Gasteiger partial charge >= 0.3 is 0 Å². The number of fused-ring (bicyclic) bond motifs is 1. The lowest BCUT2D eigenvalue weighted by Gasteiger charge is -2.12. The van der Waals surface area contributed by atoms with E-state index in [9.17, 15) is 14.4 Å². The molecule has 1 aliphatic rings. The molecule has 2 amide bonds. The van der Waals surface area contributed by atoms with Gasteiger partial charge in [0.1, 0.15) is 10.3 Å². The van der Waals surface area contributed by atoms with E-state index in [2.05, 4.69) is 9.97 Å². The average molecular weight is 405 g/mol. The number of benzene rings is 1. The molecule has 2 heterocycles. The molecule has 2 aromatic rings. The third kappa shape index (κ3) is 3.84. The SMILES string of the molecule is Nc1nc(Cl)c(C(=O)/C=C/CCCN2C(=O)c3ccccc3C2=O)c(Cl)n1. The van der Waals surface area contributed by atoms with Crippen LogP contribution in [0.3, 0.4) is 0 Å². The second kappa shape index (κ2) is 7.85. The molecule has 0 saturated heterocycles. The molecule has 0 aliphatic carbocycles. The summed E-state index contributed by atoms with van der Waals surface area (Å²) < 4.78 is 0. The molecule has 27 heavy (non-hydrogen) atoms. The first-order chi connectivity index (χ1) is 12.9. The first-order valence-corrected chi connectivity index (χ1v) is 8.80. The van der Waals surface area contributed by atoms with Gasteiger partial charge in [-0.15, -0.1) is 0 Å². The fraction of sp³-hybridized carbons (Fsp3) is 0.167. The number of halogens is 2. The molecule has 7 nitrogen and oxygen atoms in total. The summed E-state index contributed by atoms with van der Waals surface area (Å²) in [5, 5.41) is -0.235. The van der Waals surface area contributed by atoms with Crippen molar-refractivity contribution in [3.63, 3.8) is 0 Å². The zero-order valence-corrected chi connectivity index (χ0v) is 15.5. The average Bonchev–Trinajstić information content (AvgIpc) is 2.85. The molecule has 1 aromatic heterocycles. The summed E-state index contributed by atoms with van der Waals surface area (Å²) in [6.45, 7) is 0.261. The fourth-order valence-electron chi connectivity index (χ4n) is 2.71. The molecular weight excluding hydrogens is 391 g/mol. The summed E-state index contributed by atoms with van der Waals surface area (Å²) in [5.41, 5.74) is 6.21. The minimum atomic E-state index is -0.453. The van der Waals surface area contributed by atoms with Gasteiger partial charge in [-0.05, 0) is 31.1 Å². The van der Waals surface area contributed by atoms with Gasteiger partial charge < -0.3 is 5.73 Å². The van der Waals surface area contributed by atoms with Crippen molar-refractivity contribution in [3.05, 3.63) is 63.4 Å².